The Morgan fingerprint density at radius 3 is 2.02 bits per heavy atom. The summed E-state index contributed by atoms with van der Waals surface area (Å²) in [6.45, 7) is 0. The van der Waals surface area contributed by atoms with Crippen molar-refractivity contribution >= 4 is 65.0 Å². The zero-order valence-corrected chi connectivity index (χ0v) is 24.3. The van der Waals surface area contributed by atoms with E-state index in [0.29, 0.717) is 0 Å². The van der Waals surface area contributed by atoms with Crippen molar-refractivity contribution in [2.24, 2.45) is 0 Å². The minimum Gasteiger partial charge on any atom is -0.309 e. The molecular formula is C42H25N3. The van der Waals surface area contributed by atoms with E-state index in [4.69, 9.17) is 9.97 Å². The maximum Gasteiger partial charge on any atom is 0.160 e. The molecule has 0 amide bonds. The fourth-order valence-corrected chi connectivity index (χ4v) is 7.37. The number of benzene rings is 8. The fraction of sp³-hybridized carbons (Fsp3) is 0. The van der Waals surface area contributed by atoms with Gasteiger partial charge in [0.2, 0.25) is 0 Å². The lowest BCUT2D eigenvalue weighted by Gasteiger charge is -2.13. The Bertz CT molecular complexity index is 2740. The molecule has 2 aromatic heterocycles. The number of rotatable bonds is 3. The third-order valence-corrected chi connectivity index (χ3v) is 9.30. The Balaban J connectivity index is 1.33. The first-order valence-electron chi connectivity index (χ1n) is 15.4. The van der Waals surface area contributed by atoms with Crippen molar-refractivity contribution < 1.29 is 0 Å². The molecule has 0 aliphatic heterocycles. The summed E-state index contributed by atoms with van der Waals surface area (Å²) in [5.41, 5.74) is 7.64. The van der Waals surface area contributed by atoms with Gasteiger partial charge in [-0.1, -0.05) is 115 Å². The summed E-state index contributed by atoms with van der Waals surface area (Å²) in [5.74, 6) is 0.735. The van der Waals surface area contributed by atoms with Crippen LogP contribution in [0.3, 0.4) is 0 Å². The Morgan fingerprint density at radius 2 is 1.16 bits per heavy atom. The highest BCUT2D eigenvalue weighted by molar-refractivity contribution is 6.38. The van der Waals surface area contributed by atoms with Gasteiger partial charge in [-0.15, -0.1) is 0 Å². The number of para-hydroxylation sites is 2. The molecule has 0 aliphatic carbocycles. The maximum absolute atomic E-state index is 5.19. The van der Waals surface area contributed by atoms with Crippen LogP contribution in [0.1, 0.15) is 0 Å². The molecule has 10 aromatic rings. The van der Waals surface area contributed by atoms with Crippen molar-refractivity contribution in [2.45, 2.75) is 0 Å². The lowest BCUT2D eigenvalue weighted by atomic mass is 9.91. The summed E-state index contributed by atoms with van der Waals surface area (Å²) in [4.78, 5) is 10.3. The summed E-state index contributed by atoms with van der Waals surface area (Å²) >= 11 is 0. The van der Waals surface area contributed by atoms with Crippen molar-refractivity contribution in [3.8, 4) is 28.3 Å². The largest absolute Gasteiger partial charge is 0.309 e. The van der Waals surface area contributed by atoms with E-state index in [1.165, 1.54) is 59.8 Å². The Hall–Kier alpha value is -6.06. The van der Waals surface area contributed by atoms with Crippen molar-refractivity contribution in [3.63, 3.8) is 0 Å². The van der Waals surface area contributed by atoms with Crippen LogP contribution in [-0.4, -0.2) is 14.5 Å². The summed E-state index contributed by atoms with van der Waals surface area (Å²) < 4.78 is 2.45. The number of hydrogen-bond donors (Lipinski definition) is 0. The molecule has 0 spiro atoms. The van der Waals surface area contributed by atoms with Crippen LogP contribution in [0.5, 0.6) is 0 Å². The molecular weight excluding hydrogens is 546 g/mol. The smallest absolute Gasteiger partial charge is 0.160 e. The molecule has 0 saturated carbocycles. The summed E-state index contributed by atoms with van der Waals surface area (Å²) in [6, 6.07) is 54.1. The zero-order chi connectivity index (χ0) is 29.5. The van der Waals surface area contributed by atoms with Crippen molar-refractivity contribution in [3.05, 3.63) is 152 Å². The van der Waals surface area contributed by atoms with Gasteiger partial charge in [-0.25, -0.2) is 9.97 Å². The fourth-order valence-electron chi connectivity index (χ4n) is 7.37. The maximum atomic E-state index is 5.19. The summed E-state index contributed by atoms with van der Waals surface area (Å²) in [7, 11) is 0. The molecule has 10 rings (SSSR count). The molecule has 0 fully saturated rings. The zero-order valence-electron chi connectivity index (χ0n) is 24.3. The highest BCUT2D eigenvalue weighted by Crippen LogP contribution is 2.47. The van der Waals surface area contributed by atoms with E-state index in [-0.39, 0.29) is 0 Å². The molecule has 0 atom stereocenters. The molecule has 45 heavy (non-hydrogen) atoms. The topological polar surface area (TPSA) is 30.7 Å². The molecule has 0 aliphatic rings. The minimum absolute atomic E-state index is 0.735. The third-order valence-electron chi connectivity index (χ3n) is 9.30. The van der Waals surface area contributed by atoms with E-state index < -0.39 is 0 Å². The molecule has 3 heteroatoms. The lowest BCUT2D eigenvalue weighted by molar-refractivity contribution is 1.19. The van der Waals surface area contributed by atoms with E-state index in [1.807, 2.05) is 12.1 Å². The van der Waals surface area contributed by atoms with E-state index in [0.717, 1.165) is 33.5 Å². The number of nitrogens with zero attached hydrogens (tertiary/aromatic N) is 3. The highest BCUT2D eigenvalue weighted by atomic mass is 15.0. The minimum atomic E-state index is 0.735. The predicted molar refractivity (Wildman–Crippen MR) is 188 cm³/mol. The molecule has 0 radical (unpaired) electrons. The molecule has 8 aromatic carbocycles. The first-order valence-corrected chi connectivity index (χ1v) is 15.4. The lowest BCUT2D eigenvalue weighted by Crippen LogP contribution is -1.95. The SMILES string of the molecule is c1ccc(-c2nc(-c3ccc4c(c3)c3cccc5c3c3c4cc4ccccc4c3n5-c3ccccc3)nc3ccccc23)cc1. The van der Waals surface area contributed by atoms with Gasteiger partial charge in [0.15, 0.2) is 5.82 Å². The predicted octanol–water partition coefficient (Wildman–Crippen LogP) is 11.0. The van der Waals surface area contributed by atoms with E-state index >= 15 is 0 Å². The highest BCUT2D eigenvalue weighted by Gasteiger charge is 2.22. The van der Waals surface area contributed by atoms with Gasteiger partial charge in [-0.3, -0.25) is 0 Å². The van der Waals surface area contributed by atoms with E-state index in [2.05, 4.69) is 144 Å². The van der Waals surface area contributed by atoms with Crippen LogP contribution in [-0.2, 0) is 0 Å². The molecule has 0 saturated heterocycles. The van der Waals surface area contributed by atoms with Crippen LogP contribution in [0, 0.1) is 0 Å². The van der Waals surface area contributed by atoms with Crippen LogP contribution in [0.2, 0.25) is 0 Å². The van der Waals surface area contributed by atoms with Crippen LogP contribution in [0.4, 0.5) is 0 Å². The second-order valence-electron chi connectivity index (χ2n) is 11.8. The Kier molecular flexibility index (Phi) is 5.00. The second kappa shape index (κ2) is 9.22. The summed E-state index contributed by atoms with van der Waals surface area (Å²) in [6.07, 6.45) is 0. The average molecular weight is 572 g/mol. The van der Waals surface area contributed by atoms with Gasteiger partial charge in [0.1, 0.15) is 0 Å². The van der Waals surface area contributed by atoms with Gasteiger partial charge in [-0.2, -0.15) is 0 Å². The standard InChI is InChI=1S/C42H25N3/c1-3-12-26(13-4-1)40-33-18-9-10-20-36(33)43-42(44-40)28-22-23-31-34(25-28)32-19-11-21-37-38(32)39-35(31)24-27-14-7-8-17-30(27)41(39)45(37)29-15-5-2-6-16-29/h1-25H. The van der Waals surface area contributed by atoms with Crippen LogP contribution >= 0.6 is 0 Å². The molecule has 0 bridgehead atoms. The van der Waals surface area contributed by atoms with Gasteiger partial charge in [0, 0.05) is 38.4 Å². The van der Waals surface area contributed by atoms with Gasteiger partial charge in [-0.05, 0) is 63.3 Å². The van der Waals surface area contributed by atoms with Crippen molar-refractivity contribution in [2.75, 3.05) is 0 Å². The first-order chi connectivity index (χ1) is 22.3. The Labute approximate surface area is 259 Å². The van der Waals surface area contributed by atoms with Crippen molar-refractivity contribution in [1.82, 2.24) is 14.5 Å². The van der Waals surface area contributed by atoms with Gasteiger partial charge in [0.05, 0.1) is 22.2 Å². The molecule has 208 valence electrons. The van der Waals surface area contributed by atoms with Gasteiger partial charge < -0.3 is 4.57 Å². The molecule has 3 nitrogen and oxygen atoms in total. The number of hydrogen-bond acceptors (Lipinski definition) is 2. The van der Waals surface area contributed by atoms with E-state index in [9.17, 15) is 0 Å². The van der Waals surface area contributed by atoms with Crippen LogP contribution in [0.25, 0.3) is 93.4 Å². The van der Waals surface area contributed by atoms with Crippen molar-refractivity contribution in [1.29, 1.82) is 0 Å². The van der Waals surface area contributed by atoms with Gasteiger partial charge >= 0.3 is 0 Å². The van der Waals surface area contributed by atoms with Crippen LogP contribution < -0.4 is 0 Å². The van der Waals surface area contributed by atoms with E-state index in [1.54, 1.807) is 0 Å². The first kappa shape index (κ1) is 24.4. The molecule has 2 heterocycles. The van der Waals surface area contributed by atoms with Gasteiger partial charge in [0.25, 0.3) is 0 Å². The quantitative estimate of drug-likeness (QED) is 0.156. The third kappa shape index (κ3) is 3.46. The second-order valence-corrected chi connectivity index (χ2v) is 11.8. The summed E-state index contributed by atoms with van der Waals surface area (Å²) in [5, 5.41) is 11.1. The number of fused-ring (bicyclic) bond motifs is 6. The molecule has 0 unspecified atom stereocenters. The number of aromatic nitrogens is 3. The van der Waals surface area contributed by atoms with Crippen LogP contribution in [0.15, 0.2) is 152 Å². The molecule has 0 N–H and O–H groups in total. The monoisotopic (exact) mass is 571 g/mol. The normalized spacial score (nSPS) is 12.0. The Morgan fingerprint density at radius 1 is 0.422 bits per heavy atom. The average Bonchev–Trinajstić information content (AvgIpc) is 3.47.